The average Bonchev–Trinajstić information content (AvgIpc) is 3.24. The van der Waals surface area contributed by atoms with Gasteiger partial charge in [-0.1, -0.05) is 42.6 Å². The van der Waals surface area contributed by atoms with Crippen LogP contribution in [-0.2, 0) is 0 Å². The molecule has 2 aliphatic rings. The Labute approximate surface area is 193 Å². The summed E-state index contributed by atoms with van der Waals surface area (Å²) in [6.45, 7) is 3.79. The monoisotopic (exact) mass is 450 g/mol. The van der Waals surface area contributed by atoms with Crippen molar-refractivity contribution in [2.45, 2.75) is 38.1 Å². The second kappa shape index (κ2) is 9.49. The summed E-state index contributed by atoms with van der Waals surface area (Å²) < 4.78 is 0. The first-order valence-electron chi connectivity index (χ1n) is 10.9. The number of nitrogens with zero attached hydrogens (tertiary/aromatic N) is 4. The molecule has 2 N–H and O–H groups in total. The van der Waals surface area contributed by atoms with Crippen molar-refractivity contribution in [3.05, 3.63) is 59.1 Å². The maximum Gasteiger partial charge on any atom is 0.322 e. The van der Waals surface area contributed by atoms with Gasteiger partial charge in [0.15, 0.2) is 6.19 Å². The van der Waals surface area contributed by atoms with Crippen molar-refractivity contribution in [3.8, 4) is 6.19 Å². The molecule has 4 rings (SSSR count). The van der Waals surface area contributed by atoms with Crippen LogP contribution in [0.5, 0.6) is 0 Å². The third-order valence-electron chi connectivity index (χ3n) is 6.34. The molecule has 2 amide bonds. The Balaban J connectivity index is 1.56. The summed E-state index contributed by atoms with van der Waals surface area (Å²) in [5.74, 6) is 0.533. The SMILES string of the molecule is Cc1ccccc1N=C(NC#N)N1CCN(C(=O)Nc2ccc(Cl)cc2)C2(CCCC2)C1. The van der Waals surface area contributed by atoms with Gasteiger partial charge in [-0.25, -0.2) is 9.79 Å². The number of halogens is 1. The number of hydrogen-bond acceptors (Lipinski definition) is 3. The second-order valence-corrected chi connectivity index (χ2v) is 8.84. The highest BCUT2D eigenvalue weighted by Gasteiger charge is 2.46. The molecule has 0 radical (unpaired) electrons. The van der Waals surface area contributed by atoms with Crippen molar-refractivity contribution in [1.82, 2.24) is 15.1 Å². The zero-order valence-corrected chi connectivity index (χ0v) is 18.9. The van der Waals surface area contributed by atoms with E-state index in [1.54, 1.807) is 12.1 Å². The van der Waals surface area contributed by atoms with Crippen molar-refractivity contribution in [2.24, 2.45) is 4.99 Å². The van der Waals surface area contributed by atoms with E-state index in [1.165, 1.54) is 0 Å². The number of anilines is 1. The third-order valence-corrected chi connectivity index (χ3v) is 6.59. The van der Waals surface area contributed by atoms with E-state index in [-0.39, 0.29) is 11.6 Å². The number of aryl methyl sites for hydroxylation is 1. The molecule has 1 aliphatic heterocycles. The standard InChI is InChI=1S/C24H27ClN6O/c1-18-6-2-3-7-21(18)29-22(27-17-26)30-14-15-31(24(16-30)12-4-5-13-24)23(32)28-20-10-8-19(25)9-11-20/h2-3,6-11H,4-5,12-16H2,1H3,(H,27,29)(H,28,32). The number of urea groups is 1. The summed E-state index contributed by atoms with van der Waals surface area (Å²) in [6.07, 6.45) is 6.05. The van der Waals surface area contributed by atoms with Crippen LogP contribution in [0, 0.1) is 18.4 Å². The Morgan fingerprint density at radius 2 is 1.84 bits per heavy atom. The Morgan fingerprint density at radius 1 is 1.12 bits per heavy atom. The lowest BCUT2D eigenvalue weighted by atomic mass is 9.92. The maximum absolute atomic E-state index is 13.2. The van der Waals surface area contributed by atoms with Gasteiger partial charge in [-0.15, -0.1) is 0 Å². The van der Waals surface area contributed by atoms with E-state index >= 15 is 0 Å². The molecule has 0 atom stereocenters. The number of nitriles is 1. The first-order valence-corrected chi connectivity index (χ1v) is 11.3. The van der Waals surface area contributed by atoms with Crippen LogP contribution in [-0.4, -0.2) is 47.0 Å². The summed E-state index contributed by atoms with van der Waals surface area (Å²) in [4.78, 5) is 22.0. The summed E-state index contributed by atoms with van der Waals surface area (Å²) in [5, 5.41) is 15.8. The molecule has 2 aromatic rings. The minimum atomic E-state index is -0.279. The van der Waals surface area contributed by atoms with Gasteiger partial charge in [-0.2, -0.15) is 5.26 Å². The highest BCUT2D eigenvalue weighted by Crippen LogP contribution is 2.38. The number of para-hydroxylation sites is 1. The highest BCUT2D eigenvalue weighted by atomic mass is 35.5. The van der Waals surface area contributed by atoms with E-state index in [9.17, 15) is 10.1 Å². The van der Waals surface area contributed by atoms with Crippen LogP contribution < -0.4 is 10.6 Å². The molecular weight excluding hydrogens is 424 g/mol. The van der Waals surface area contributed by atoms with Crippen LogP contribution in [0.4, 0.5) is 16.2 Å². The lowest BCUT2D eigenvalue weighted by Crippen LogP contribution is -2.65. The fraction of sp³-hybridized carbons (Fsp3) is 0.375. The minimum absolute atomic E-state index is 0.0977. The molecule has 2 aromatic carbocycles. The van der Waals surface area contributed by atoms with Crippen molar-refractivity contribution in [1.29, 1.82) is 5.26 Å². The molecule has 166 valence electrons. The molecule has 1 heterocycles. The van der Waals surface area contributed by atoms with Gasteiger partial charge in [0.2, 0.25) is 5.96 Å². The van der Waals surface area contributed by atoms with Gasteiger partial charge in [-0.05, 0) is 55.7 Å². The number of rotatable bonds is 2. The van der Waals surface area contributed by atoms with Crippen LogP contribution in [0.3, 0.4) is 0 Å². The fourth-order valence-electron chi connectivity index (χ4n) is 4.69. The topological polar surface area (TPSA) is 83.8 Å². The summed E-state index contributed by atoms with van der Waals surface area (Å²) in [5.41, 5.74) is 2.32. The van der Waals surface area contributed by atoms with E-state index < -0.39 is 0 Å². The molecule has 2 fully saturated rings. The molecule has 7 nitrogen and oxygen atoms in total. The summed E-state index contributed by atoms with van der Waals surface area (Å²) in [6, 6.07) is 14.9. The molecule has 0 aromatic heterocycles. The molecule has 1 saturated carbocycles. The van der Waals surface area contributed by atoms with Gasteiger partial charge >= 0.3 is 6.03 Å². The minimum Gasteiger partial charge on any atom is -0.338 e. The number of piperazine rings is 1. The second-order valence-electron chi connectivity index (χ2n) is 8.40. The quantitative estimate of drug-likeness (QED) is 0.296. The molecule has 1 saturated heterocycles. The predicted molar refractivity (Wildman–Crippen MR) is 127 cm³/mol. The fourth-order valence-corrected chi connectivity index (χ4v) is 4.82. The van der Waals surface area contributed by atoms with E-state index in [4.69, 9.17) is 16.6 Å². The number of carbonyl (C=O) groups is 1. The molecule has 0 unspecified atom stereocenters. The lowest BCUT2D eigenvalue weighted by molar-refractivity contribution is 0.0612. The van der Waals surface area contributed by atoms with Crippen LogP contribution in [0.15, 0.2) is 53.5 Å². The maximum atomic E-state index is 13.2. The molecule has 1 spiro atoms. The Bertz CT molecular complexity index is 1040. The van der Waals surface area contributed by atoms with Gasteiger partial charge in [0, 0.05) is 30.3 Å². The number of guanidine groups is 1. The Hall–Kier alpha value is -3.24. The molecule has 0 bridgehead atoms. The predicted octanol–water partition coefficient (Wildman–Crippen LogP) is 4.87. The number of carbonyl (C=O) groups excluding carboxylic acids is 1. The van der Waals surface area contributed by atoms with Crippen molar-refractivity contribution in [2.75, 3.05) is 25.0 Å². The first kappa shape index (κ1) is 22.0. The molecule has 1 aliphatic carbocycles. The smallest absolute Gasteiger partial charge is 0.322 e. The van der Waals surface area contributed by atoms with Gasteiger partial charge < -0.3 is 15.1 Å². The van der Waals surface area contributed by atoms with E-state index in [1.807, 2.05) is 54.4 Å². The van der Waals surface area contributed by atoms with Crippen LogP contribution >= 0.6 is 11.6 Å². The van der Waals surface area contributed by atoms with Gasteiger partial charge in [0.05, 0.1) is 11.2 Å². The Morgan fingerprint density at radius 3 is 2.53 bits per heavy atom. The van der Waals surface area contributed by atoms with Crippen molar-refractivity contribution in [3.63, 3.8) is 0 Å². The molecule has 32 heavy (non-hydrogen) atoms. The lowest BCUT2D eigenvalue weighted by Gasteiger charge is -2.49. The van der Waals surface area contributed by atoms with Crippen molar-refractivity contribution >= 4 is 35.0 Å². The Kier molecular flexibility index (Phi) is 6.52. The van der Waals surface area contributed by atoms with Crippen molar-refractivity contribution < 1.29 is 4.79 Å². The summed E-state index contributed by atoms with van der Waals surface area (Å²) >= 11 is 5.97. The molecule has 8 heteroatoms. The van der Waals surface area contributed by atoms with Gasteiger partial charge in [0.25, 0.3) is 0 Å². The van der Waals surface area contributed by atoms with Crippen LogP contribution in [0.25, 0.3) is 0 Å². The first-order chi connectivity index (χ1) is 15.5. The average molecular weight is 451 g/mol. The number of nitrogens with one attached hydrogen (secondary N) is 2. The largest absolute Gasteiger partial charge is 0.338 e. The van der Waals surface area contributed by atoms with Gasteiger partial charge in [0.1, 0.15) is 0 Å². The van der Waals surface area contributed by atoms with Gasteiger partial charge in [-0.3, -0.25) is 5.32 Å². The van der Waals surface area contributed by atoms with E-state index in [0.717, 1.165) is 42.6 Å². The number of benzene rings is 2. The third kappa shape index (κ3) is 4.66. The number of aliphatic imine (C=N–C) groups is 1. The zero-order valence-electron chi connectivity index (χ0n) is 18.1. The number of hydrogen-bond donors (Lipinski definition) is 2. The number of amides is 2. The highest BCUT2D eigenvalue weighted by molar-refractivity contribution is 6.30. The molecular formula is C24H27ClN6O. The van der Waals surface area contributed by atoms with Crippen LogP contribution in [0.2, 0.25) is 5.02 Å². The van der Waals surface area contributed by atoms with E-state index in [0.29, 0.717) is 30.6 Å². The zero-order chi connectivity index (χ0) is 22.6. The van der Waals surface area contributed by atoms with E-state index in [2.05, 4.69) is 15.5 Å². The van der Waals surface area contributed by atoms with Crippen LogP contribution in [0.1, 0.15) is 31.2 Å². The normalized spacial score (nSPS) is 17.8. The summed E-state index contributed by atoms with van der Waals surface area (Å²) in [7, 11) is 0.